The second-order valence-corrected chi connectivity index (χ2v) is 3.54. The van der Waals surface area contributed by atoms with Crippen molar-refractivity contribution in [2.24, 2.45) is 5.84 Å². The molecule has 3 nitrogen and oxygen atoms in total. The Bertz CT molecular complexity index is 374. The summed E-state index contributed by atoms with van der Waals surface area (Å²) in [6, 6.07) is 20.4. The van der Waals surface area contributed by atoms with E-state index in [-0.39, 0.29) is 6.04 Å². The van der Waals surface area contributed by atoms with E-state index in [2.05, 4.69) is 35.2 Å². The topological polar surface area (TPSA) is 50.1 Å². The molecule has 0 radical (unpaired) electrons. The lowest BCUT2D eigenvalue weighted by Gasteiger charge is -2.18. The van der Waals surface area contributed by atoms with Gasteiger partial charge < -0.3 is 0 Å². The Morgan fingerprint density at radius 1 is 0.750 bits per heavy atom. The molecule has 2 aromatic rings. The van der Waals surface area contributed by atoms with Gasteiger partial charge in [-0.25, -0.2) is 5.43 Å². The molecule has 0 bridgehead atoms. The van der Waals surface area contributed by atoms with Gasteiger partial charge in [0.15, 0.2) is 0 Å². The van der Waals surface area contributed by atoms with Gasteiger partial charge in [-0.05, 0) is 11.1 Å². The maximum Gasteiger partial charge on any atom is 0.0725 e. The maximum atomic E-state index is 5.34. The fraction of sp³-hybridized carbons (Fsp3) is 0.0769. The Morgan fingerprint density at radius 2 is 1.19 bits per heavy atom. The van der Waals surface area contributed by atoms with E-state index in [1.165, 1.54) is 11.1 Å². The normalized spacial score (nSPS) is 10.6. The highest BCUT2D eigenvalue weighted by Gasteiger charge is 2.11. The molecule has 0 aliphatic carbocycles. The molecule has 2 rings (SSSR count). The van der Waals surface area contributed by atoms with Crippen LogP contribution in [0.3, 0.4) is 0 Å². The van der Waals surface area contributed by atoms with Crippen molar-refractivity contribution < 1.29 is 0 Å². The molecular formula is C13H15N3. The van der Waals surface area contributed by atoms with Crippen LogP contribution in [0.2, 0.25) is 0 Å². The highest BCUT2D eigenvalue weighted by molar-refractivity contribution is 5.31. The van der Waals surface area contributed by atoms with Crippen molar-refractivity contribution in [3.8, 4) is 0 Å². The van der Waals surface area contributed by atoms with Crippen molar-refractivity contribution in [2.75, 3.05) is 0 Å². The van der Waals surface area contributed by atoms with Crippen molar-refractivity contribution in [2.45, 2.75) is 6.04 Å². The van der Waals surface area contributed by atoms with Gasteiger partial charge in [0.2, 0.25) is 0 Å². The smallest absolute Gasteiger partial charge is 0.0725 e. The molecule has 0 saturated heterocycles. The van der Waals surface area contributed by atoms with Gasteiger partial charge >= 0.3 is 0 Å². The molecule has 0 amide bonds. The molecule has 16 heavy (non-hydrogen) atoms. The number of hydrogen-bond acceptors (Lipinski definition) is 3. The Labute approximate surface area is 95.2 Å². The van der Waals surface area contributed by atoms with E-state index in [1.807, 2.05) is 36.4 Å². The van der Waals surface area contributed by atoms with Crippen LogP contribution in [-0.4, -0.2) is 0 Å². The molecule has 0 saturated carbocycles. The van der Waals surface area contributed by atoms with Crippen LogP contribution in [0.1, 0.15) is 17.2 Å². The zero-order valence-electron chi connectivity index (χ0n) is 8.93. The first-order valence-corrected chi connectivity index (χ1v) is 5.23. The van der Waals surface area contributed by atoms with E-state index < -0.39 is 0 Å². The summed E-state index contributed by atoms with van der Waals surface area (Å²) in [5, 5.41) is 0. The molecule has 0 aliphatic heterocycles. The van der Waals surface area contributed by atoms with Crippen molar-refractivity contribution >= 4 is 0 Å². The molecule has 4 N–H and O–H groups in total. The number of hydrazine groups is 2. The highest BCUT2D eigenvalue weighted by atomic mass is 15.5. The van der Waals surface area contributed by atoms with Crippen LogP contribution in [0.25, 0.3) is 0 Å². The summed E-state index contributed by atoms with van der Waals surface area (Å²) in [5.74, 6) is 5.34. The van der Waals surface area contributed by atoms with E-state index in [0.717, 1.165) is 0 Å². The zero-order chi connectivity index (χ0) is 11.2. The van der Waals surface area contributed by atoms with Gasteiger partial charge in [0.1, 0.15) is 0 Å². The van der Waals surface area contributed by atoms with Gasteiger partial charge in [-0.15, -0.1) is 0 Å². The molecule has 0 unspecified atom stereocenters. The predicted molar refractivity (Wildman–Crippen MR) is 65.2 cm³/mol. The average Bonchev–Trinajstić information content (AvgIpc) is 2.38. The molecule has 0 aliphatic rings. The van der Waals surface area contributed by atoms with E-state index in [1.54, 1.807) is 0 Å². The van der Waals surface area contributed by atoms with Gasteiger partial charge in [-0.2, -0.15) is 5.53 Å². The van der Waals surface area contributed by atoms with Crippen LogP contribution in [0.15, 0.2) is 60.7 Å². The Hall–Kier alpha value is -1.68. The van der Waals surface area contributed by atoms with E-state index >= 15 is 0 Å². The van der Waals surface area contributed by atoms with Crippen LogP contribution in [0.4, 0.5) is 0 Å². The maximum absolute atomic E-state index is 5.34. The summed E-state index contributed by atoms with van der Waals surface area (Å²) in [4.78, 5) is 0. The minimum absolute atomic E-state index is 0.0624. The van der Waals surface area contributed by atoms with Crippen LogP contribution >= 0.6 is 0 Å². The quantitative estimate of drug-likeness (QED) is 0.535. The fourth-order valence-electron chi connectivity index (χ4n) is 1.73. The lowest BCUT2D eigenvalue weighted by molar-refractivity contribution is 0.496. The Kier molecular flexibility index (Phi) is 3.66. The number of benzene rings is 2. The molecule has 82 valence electrons. The van der Waals surface area contributed by atoms with Crippen molar-refractivity contribution in [1.82, 2.24) is 11.0 Å². The Balaban J connectivity index is 2.31. The number of nitrogens with one attached hydrogen (secondary N) is 2. The molecule has 0 atom stereocenters. The third kappa shape index (κ3) is 2.46. The molecule has 0 heterocycles. The van der Waals surface area contributed by atoms with E-state index in [9.17, 15) is 0 Å². The second-order valence-electron chi connectivity index (χ2n) is 3.54. The summed E-state index contributed by atoms with van der Waals surface area (Å²) in [6.45, 7) is 0. The van der Waals surface area contributed by atoms with Crippen molar-refractivity contribution in [3.05, 3.63) is 71.8 Å². The van der Waals surface area contributed by atoms with Crippen molar-refractivity contribution in [3.63, 3.8) is 0 Å². The molecule has 0 aromatic heterocycles. The monoisotopic (exact) mass is 213 g/mol. The van der Waals surface area contributed by atoms with Crippen LogP contribution < -0.4 is 16.8 Å². The third-order valence-corrected chi connectivity index (χ3v) is 2.49. The summed E-state index contributed by atoms with van der Waals surface area (Å²) < 4.78 is 0. The molecule has 2 aromatic carbocycles. The number of nitrogens with two attached hydrogens (primary N) is 1. The van der Waals surface area contributed by atoms with Crippen molar-refractivity contribution in [1.29, 1.82) is 0 Å². The number of hydrogen-bond donors (Lipinski definition) is 3. The fourth-order valence-corrected chi connectivity index (χ4v) is 1.73. The molecule has 3 heteroatoms. The Morgan fingerprint density at radius 3 is 1.56 bits per heavy atom. The minimum Gasteiger partial charge on any atom is -0.258 e. The molecular weight excluding hydrogens is 198 g/mol. The first kappa shape index (κ1) is 10.8. The molecule has 0 fully saturated rings. The lowest BCUT2D eigenvalue weighted by atomic mass is 10.00. The minimum atomic E-state index is 0.0624. The third-order valence-electron chi connectivity index (χ3n) is 2.49. The predicted octanol–water partition coefficient (Wildman–Crippen LogP) is 1.74. The van der Waals surface area contributed by atoms with Crippen LogP contribution in [-0.2, 0) is 0 Å². The summed E-state index contributed by atoms with van der Waals surface area (Å²) in [7, 11) is 0. The largest absolute Gasteiger partial charge is 0.258 e. The second kappa shape index (κ2) is 5.42. The van der Waals surface area contributed by atoms with Gasteiger partial charge in [0, 0.05) is 0 Å². The highest BCUT2D eigenvalue weighted by Crippen LogP contribution is 2.20. The van der Waals surface area contributed by atoms with E-state index in [4.69, 9.17) is 5.84 Å². The van der Waals surface area contributed by atoms with Crippen LogP contribution in [0, 0.1) is 0 Å². The SMILES string of the molecule is NNNC(c1ccccc1)c1ccccc1. The summed E-state index contributed by atoms with van der Waals surface area (Å²) in [6.07, 6.45) is 0. The standard InChI is InChI=1S/C13H15N3/c14-16-15-13(11-7-3-1-4-8-11)12-9-5-2-6-10-12/h1-10,13,15-16H,14H2. The number of rotatable bonds is 4. The van der Waals surface area contributed by atoms with Gasteiger partial charge in [0.05, 0.1) is 6.04 Å². The zero-order valence-corrected chi connectivity index (χ0v) is 8.93. The first-order valence-electron chi connectivity index (χ1n) is 5.23. The van der Waals surface area contributed by atoms with E-state index in [0.29, 0.717) is 0 Å². The van der Waals surface area contributed by atoms with Gasteiger partial charge in [0.25, 0.3) is 0 Å². The lowest BCUT2D eigenvalue weighted by Crippen LogP contribution is -2.40. The summed E-state index contributed by atoms with van der Waals surface area (Å²) in [5.41, 5.74) is 7.90. The van der Waals surface area contributed by atoms with Crippen LogP contribution in [0.5, 0.6) is 0 Å². The average molecular weight is 213 g/mol. The first-order chi connectivity index (χ1) is 7.92. The molecule has 0 spiro atoms. The summed E-state index contributed by atoms with van der Waals surface area (Å²) >= 11 is 0. The van der Waals surface area contributed by atoms with Gasteiger partial charge in [-0.1, -0.05) is 60.7 Å². The van der Waals surface area contributed by atoms with Gasteiger partial charge in [-0.3, -0.25) is 5.84 Å².